The van der Waals surface area contributed by atoms with Gasteiger partial charge < -0.3 is 9.25 Å². The van der Waals surface area contributed by atoms with Gasteiger partial charge >= 0.3 is 5.97 Å². The zero-order valence-electron chi connectivity index (χ0n) is 11.9. The van der Waals surface area contributed by atoms with Crippen LogP contribution in [0.3, 0.4) is 0 Å². The number of carbonyl (C=O) groups excluding carboxylic acids is 1. The number of unbranched alkanes of at least 4 members (excludes halogenated alkanes) is 1. The minimum Gasteiger partial charge on any atom is -0.460 e. The Morgan fingerprint density at radius 2 is 2.10 bits per heavy atom. The van der Waals surface area contributed by atoms with Crippen molar-refractivity contribution >= 4 is 26.8 Å². The van der Waals surface area contributed by atoms with E-state index in [9.17, 15) is 13.2 Å². The molecule has 2 N–H and O–H groups in total. The molecule has 1 heterocycles. The van der Waals surface area contributed by atoms with Crippen LogP contribution in [0.1, 0.15) is 35.9 Å². The highest BCUT2D eigenvalue weighted by molar-refractivity contribution is 7.90. The fourth-order valence-electron chi connectivity index (χ4n) is 2.15. The topological polar surface area (TPSA) is 99.6 Å². The van der Waals surface area contributed by atoms with Crippen LogP contribution in [0.25, 0.3) is 11.0 Å². The second-order valence-electron chi connectivity index (χ2n) is 4.84. The first kappa shape index (κ1) is 15.5. The normalized spacial score (nSPS) is 11.8. The predicted molar refractivity (Wildman–Crippen MR) is 77.5 cm³/mol. The van der Waals surface area contributed by atoms with Gasteiger partial charge in [-0.1, -0.05) is 13.3 Å². The van der Waals surface area contributed by atoms with Gasteiger partial charge in [0.2, 0.25) is 0 Å². The van der Waals surface area contributed by atoms with Gasteiger partial charge in [-0.2, -0.15) is 5.90 Å². The lowest BCUT2D eigenvalue weighted by atomic mass is 10.1. The molecule has 6 nitrogen and oxygen atoms in total. The highest BCUT2D eigenvalue weighted by Gasteiger charge is 2.23. The Morgan fingerprint density at radius 1 is 1.38 bits per heavy atom. The van der Waals surface area contributed by atoms with Gasteiger partial charge in [0.05, 0.1) is 4.90 Å². The third kappa shape index (κ3) is 3.08. The molecular formula is C14H17NO5S. The Labute approximate surface area is 122 Å². The molecule has 7 heteroatoms. The average Bonchev–Trinajstić information content (AvgIpc) is 2.80. The van der Waals surface area contributed by atoms with Gasteiger partial charge in [0.1, 0.15) is 16.9 Å². The van der Waals surface area contributed by atoms with Gasteiger partial charge in [-0.05, 0) is 24.6 Å². The maximum absolute atomic E-state index is 11.9. The van der Waals surface area contributed by atoms with E-state index in [0.717, 1.165) is 19.1 Å². The number of furan rings is 1. The molecule has 2 rings (SSSR count). The van der Waals surface area contributed by atoms with Crippen LogP contribution in [0.5, 0.6) is 0 Å². The summed E-state index contributed by atoms with van der Waals surface area (Å²) in [4.78, 5) is 16.3. The molecule has 0 aliphatic rings. The third-order valence-corrected chi connectivity index (χ3v) is 4.34. The quantitative estimate of drug-likeness (QED) is 0.850. The second kappa shape index (κ2) is 5.87. The zero-order valence-corrected chi connectivity index (χ0v) is 12.7. The van der Waals surface area contributed by atoms with E-state index in [2.05, 4.69) is 4.84 Å². The Hall–Kier alpha value is -1.86. The van der Waals surface area contributed by atoms with Crippen LogP contribution in [-0.2, 0) is 21.1 Å². The molecule has 0 fully saturated rings. The molecule has 0 aliphatic carbocycles. The van der Waals surface area contributed by atoms with E-state index < -0.39 is 15.8 Å². The molecule has 0 spiro atoms. The molecule has 0 bridgehead atoms. The van der Waals surface area contributed by atoms with Crippen molar-refractivity contribution in [3.8, 4) is 0 Å². The standard InChI is InChI=1S/C14H17NO5S/c1-3-4-5-12-13(14(16)20-15)10-8-9(21(2,17)18)6-7-11(10)19-12/h6-8H,3-5,15H2,1-2H3. The number of sulfone groups is 1. The van der Waals surface area contributed by atoms with Crippen LogP contribution in [0.15, 0.2) is 27.5 Å². The van der Waals surface area contributed by atoms with Gasteiger partial charge in [0.15, 0.2) is 9.84 Å². The van der Waals surface area contributed by atoms with E-state index in [-0.39, 0.29) is 10.5 Å². The van der Waals surface area contributed by atoms with E-state index in [1.165, 1.54) is 18.2 Å². The minimum atomic E-state index is -3.38. The molecule has 1 aromatic carbocycles. The summed E-state index contributed by atoms with van der Waals surface area (Å²) in [6.07, 6.45) is 3.43. The first-order valence-corrected chi connectivity index (χ1v) is 8.44. The van der Waals surface area contributed by atoms with Crippen molar-refractivity contribution in [3.63, 3.8) is 0 Å². The number of hydrogen-bond acceptors (Lipinski definition) is 6. The fourth-order valence-corrected chi connectivity index (χ4v) is 2.80. The summed E-state index contributed by atoms with van der Waals surface area (Å²) in [5.41, 5.74) is 0.639. The lowest BCUT2D eigenvalue weighted by Crippen LogP contribution is -2.11. The number of aryl methyl sites for hydroxylation is 1. The third-order valence-electron chi connectivity index (χ3n) is 3.23. The summed E-state index contributed by atoms with van der Waals surface area (Å²) >= 11 is 0. The lowest BCUT2D eigenvalue weighted by Gasteiger charge is -2.01. The molecular weight excluding hydrogens is 294 g/mol. The molecule has 0 saturated carbocycles. The largest absolute Gasteiger partial charge is 0.460 e. The van der Waals surface area contributed by atoms with E-state index in [1.807, 2.05) is 6.92 Å². The second-order valence-corrected chi connectivity index (χ2v) is 6.85. The number of fused-ring (bicyclic) bond motifs is 1. The summed E-state index contributed by atoms with van der Waals surface area (Å²) in [7, 11) is -3.38. The van der Waals surface area contributed by atoms with Crippen LogP contribution in [0, 0.1) is 0 Å². The van der Waals surface area contributed by atoms with Crippen molar-refractivity contribution in [3.05, 3.63) is 29.5 Å². The predicted octanol–water partition coefficient (Wildman–Crippen LogP) is 2.21. The van der Waals surface area contributed by atoms with Crippen molar-refractivity contribution in [1.29, 1.82) is 0 Å². The Bertz CT molecular complexity index is 776. The minimum absolute atomic E-state index is 0.115. The molecule has 2 aromatic rings. The van der Waals surface area contributed by atoms with Crippen molar-refractivity contribution in [1.82, 2.24) is 0 Å². The van der Waals surface area contributed by atoms with Gasteiger partial charge in [-0.15, -0.1) is 0 Å². The average molecular weight is 311 g/mol. The first-order chi connectivity index (χ1) is 9.88. The summed E-state index contributed by atoms with van der Waals surface area (Å²) in [5.74, 6) is 4.70. The molecule has 0 radical (unpaired) electrons. The smallest absolute Gasteiger partial charge is 0.360 e. The molecule has 0 atom stereocenters. The van der Waals surface area contributed by atoms with Crippen LogP contribution < -0.4 is 5.90 Å². The Balaban J connectivity index is 2.67. The fraction of sp³-hybridized carbons (Fsp3) is 0.357. The van der Waals surface area contributed by atoms with Crippen LogP contribution >= 0.6 is 0 Å². The molecule has 1 aromatic heterocycles. The van der Waals surface area contributed by atoms with E-state index in [4.69, 9.17) is 10.3 Å². The van der Waals surface area contributed by atoms with Crippen molar-refractivity contribution in [2.45, 2.75) is 31.1 Å². The van der Waals surface area contributed by atoms with Gasteiger partial charge in [-0.25, -0.2) is 13.2 Å². The van der Waals surface area contributed by atoms with E-state index >= 15 is 0 Å². The van der Waals surface area contributed by atoms with Gasteiger partial charge in [0.25, 0.3) is 0 Å². The molecule has 0 unspecified atom stereocenters. The highest BCUT2D eigenvalue weighted by Crippen LogP contribution is 2.30. The lowest BCUT2D eigenvalue weighted by molar-refractivity contribution is 0.0502. The number of benzene rings is 1. The molecule has 114 valence electrons. The van der Waals surface area contributed by atoms with Gasteiger partial charge in [0, 0.05) is 18.1 Å². The Morgan fingerprint density at radius 3 is 2.67 bits per heavy atom. The first-order valence-electron chi connectivity index (χ1n) is 6.55. The monoisotopic (exact) mass is 311 g/mol. The number of carbonyl (C=O) groups is 1. The maximum Gasteiger partial charge on any atom is 0.360 e. The number of nitrogens with two attached hydrogens (primary N) is 1. The van der Waals surface area contributed by atoms with E-state index in [0.29, 0.717) is 23.2 Å². The van der Waals surface area contributed by atoms with Gasteiger partial charge in [-0.3, -0.25) is 0 Å². The van der Waals surface area contributed by atoms with E-state index in [1.54, 1.807) is 0 Å². The summed E-state index contributed by atoms with van der Waals surface area (Å²) in [6.45, 7) is 2.02. The van der Waals surface area contributed by atoms with Crippen LogP contribution in [-0.4, -0.2) is 20.6 Å². The molecule has 0 aliphatic heterocycles. The summed E-state index contributed by atoms with van der Waals surface area (Å²) in [5, 5.41) is 0.402. The van der Waals surface area contributed by atoms with Crippen molar-refractivity contribution in [2.24, 2.45) is 5.90 Å². The number of hydrogen-bond donors (Lipinski definition) is 1. The molecule has 0 saturated heterocycles. The Kier molecular flexibility index (Phi) is 4.34. The number of rotatable bonds is 5. The van der Waals surface area contributed by atoms with Crippen LogP contribution in [0.4, 0.5) is 0 Å². The SMILES string of the molecule is CCCCc1oc2ccc(S(C)(=O)=O)cc2c1C(=O)ON. The highest BCUT2D eigenvalue weighted by atomic mass is 32.2. The van der Waals surface area contributed by atoms with Crippen LogP contribution in [0.2, 0.25) is 0 Å². The molecule has 0 amide bonds. The maximum atomic E-state index is 11.9. The zero-order chi connectivity index (χ0) is 15.6. The summed E-state index contributed by atoms with van der Waals surface area (Å²) < 4.78 is 28.9. The van der Waals surface area contributed by atoms with Crippen molar-refractivity contribution < 1.29 is 22.5 Å². The molecule has 21 heavy (non-hydrogen) atoms. The van der Waals surface area contributed by atoms with Crippen molar-refractivity contribution in [2.75, 3.05) is 6.26 Å². The summed E-state index contributed by atoms with van der Waals surface area (Å²) in [6, 6.07) is 4.40.